The van der Waals surface area contributed by atoms with Gasteiger partial charge in [-0.3, -0.25) is 0 Å². The van der Waals surface area contributed by atoms with Gasteiger partial charge in [0.25, 0.3) is 0 Å². The maximum Gasteiger partial charge on any atom is 0.144 e. The van der Waals surface area contributed by atoms with Gasteiger partial charge in [0.15, 0.2) is 0 Å². The molecule has 2 aromatic heterocycles. The van der Waals surface area contributed by atoms with Crippen molar-refractivity contribution in [3.8, 4) is 0 Å². The lowest BCUT2D eigenvalue weighted by atomic mass is 10.1. The third-order valence-electron chi connectivity index (χ3n) is 3.12. The molecule has 3 rings (SSSR count). The molecule has 0 atom stereocenters. The van der Waals surface area contributed by atoms with Gasteiger partial charge in [-0.1, -0.05) is 24.3 Å². The third-order valence-corrected chi connectivity index (χ3v) is 3.12. The van der Waals surface area contributed by atoms with E-state index in [1.165, 1.54) is 22.0 Å². The SMILES string of the molecule is Cc1c(C)n2ccnc2c2ccccc12. The molecule has 0 saturated carbocycles. The van der Waals surface area contributed by atoms with Crippen LogP contribution in [0, 0.1) is 13.8 Å². The summed E-state index contributed by atoms with van der Waals surface area (Å²) in [5.41, 5.74) is 3.64. The topological polar surface area (TPSA) is 17.3 Å². The molecule has 0 spiro atoms. The molecule has 0 fully saturated rings. The molecule has 0 saturated heterocycles. The molecular weight excluding hydrogens is 184 g/mol. The van der Waals surface area contributed by atoms with Gasteiger partial charge in [-0.05, 0) is 24.8 Å². The van der Waals surface area contributed by atoms with Crippen LogP contribution >= 0.6 is 0 Å². The number of imidazole rings is 1. The summed E-state index contributed by atoms with van der Waals surface area (Å²) >= 11 is 0. The lowest BCUT2D eigenvalue weighted by molar-refractivity contribution is 1.08. The van der Waals surface area contributed by atoms with Crippen LogP contribution in [0.2, 0.25) is 0 Å². The Balaban J connectivity index is 2.70. The predicted molar refractivity (Wildman–Crippen MR) is 62.2 cm³/mol. The summed E-state index contributed by atoms with van der Waals surface area (Å²) in [6, 6.07) is 8.43. The first-order valence-corrected chi connectivity index (χ1v) is 5.10. The zero-order valence-electron chi connectivity index (χ0n) is 8.86. The van der Waals surface area contributed by atoms with E-state index >= 15 is 0 Å². The van der Waals surface area contributed by atoms with Crippen LogP contribution in [0.3, 0.4) is 0 Å². The normalized spacial score (nSPS) is 11.3. The van der Waals surface area contributed by atoms with Gasteiger partial charge in [0, 0.05) is 23.5 Å². The van der Waals surface area contributed by atoms with Gasteiger partial charge in [0.05, 0.1) is 0 Å². The van der Waals surface area contributed by atoms with Crippen molar-refractivity contribution in [2.75, 3.05) is 0 Å². The Labute approximate surface area is 88.2 Å². The van der Waals surface area contributed by atoms with Gasteiger partial charge < -0.3 is 4.40 Å². The lowest BCUT2D eigenvalue weighted by Gasteiger charge is -2.09. The molecule has 2 nitrogen and oxygen atoms in total. The molecule has 0 bridgehead atoms. The van der Waals surface area contributed by atoms with Crippen LogP contribution in [0.4, 0.5) is 0 Å². The summed E-state index contributed by atoms with van der Waals surface area (Å²) in [5, 5.41) is 2.53. The van der Waals surface area contributed by atoms with E-state index in [9.17, 15) is 0 Å². The van der Waals surface area contributed by atoms with Crippen molar-refractivity contribution in [2.24, 2.45) is 0 Å². The van der Waals surface area contributed by atoms with Crippen molar-refractivity contribution >= 4 is 16.4 Å². The second kappa shape index (κ2) is 2.83. The minimum atomic E-state index is 1.05. The van der Waals surface area contributed by atoms with Crippen LogP contribution in [-0.4, -0.2) is 9.38 Å². The molecule has 0 aliphatic carbocycles. The molecule has 0 amide bonds. The molecule has 15 heavy (non-hydrogen) atoms. The largest absolute Gasteiger partial charge is 0.304 e. The first-order chi connectivity index (χ1) is 7.29. The minimum absolute atomic E-state index is 1.05. The third kappa shape index (κ3) is 1.02. The Bertz CT molecular complexity index is 650. The van der Waals surface area contributed by atoms with E-state index in [4.69, 9.17) is 0 Å². The number of pyridine rings is 1. The van der Waals surface area contributed by atoms with Crippen LogP contribution in [0.15, 0.2) is 36.7 Å². The molecular formula is C13H12N2. The summed E-state index contributed by atoms with van der Waals surface area (Å²) in [7, 11) is 0. The number of benzene rings is 1. The fourth-order valence-corrected chi connectivity index (χ4v) is 2.15. The highest BCUT2D eigenvalue weighted by molar-refractivity contribution is 5.96. The monoisotopic (exact) mass is 196 g/mol. The van der Waals surface area contributed by atoms with E-state index in [0.717, 1.165) is 5.65 Å². The molecule has 0 N–H and O–H groups in total. The fourth-order valence-electron chi connectivity index (χ4n) is 2.15. The van der Waals surface area contributed by atoms with E-state index in [-0.39, 0.29) is 0 Å². The van der Waals surface area contributed by atoms with Crippen molar-refractivity contribution < 1.29 is 0 Å². The lowest BCUT2D eigenvalue weighted by Crippen LogP contribution is -1.95. The standard InChI is InChI=1S/C13H12N2/c1-9-10(2)15-8-7-14-13(15)12-6-4-3-5-11(9)12/h3-8H,1-2H3. The number of aryl methyl sites for hydroxylation is 2. The van der Waals surface area contributed by atoms with Gasteiger partial charge in [0.2, 0.25) is 0 Å². The number of nitrogens with zero attached hydrogens (tertiary/aromatic N) is 2. The second-order valence-corrected chi connectivity index (χ2v) is 3.88. The van der Waals surface area contributed by atoms with E-state index in [1.807, 2.05) is 12.4 Å². The van der Waals surface area contributed by atoms with Gasteiger partial charge in [-0.15, -0.1) is 0 Å². The Hall–Kier alpha value is -1.83. The molecule has 0 unspecified atom stereocenters. The molecule has 2 heterocycles. The summed E-state index contributed by atoms with van der Waals surface area (Å²) in [6.07, 6.45) is 3.87. The minimum Gasteiger partial charge on any atom is -0.304 e. The van der Waals surface area contributed by atoms with Crippen molar-refractivity contribution in [1.82, 2.24) is 9.38 Å². The molecule has 2 heteroatoms. The number of hydrogen-bond acceptors (Lipinski definition) is 1. The van der Waals surface area contributed by atoms with Crippen LogP contribution < -0.4 is 0 Å². The second-order valence-electron chi connectivity index (χ2n) is 3.88. The smallest absolute Gasteiger partial charge is 0.144 e. The highest BCUT2D eigenvalue weighted by Crippen LogP contribution is 2.24. The number of rotatable bonds is 0. The Morgan fingerprint density at radius 3 is 2.60 bits per heavy atom. The molecule has 1 aromatic carbocycles. The van der Waals surface area contributed by atoms with Crippen LogP contribution in [0.1, 0.15) is 11.3 Å². The molecule has 0 radical (unpaired) electrons. The first kappa shape index (κ1) is 8.48. The Morgan fingerprint density at radius 1 is 1.07 bits per heavy atom. The first-order valence-electron chi connectivity index (χ1n) is 5.10. The zero-order valence-corrected chi connectivity index (χ0v) is 8.86. The summed E-state index contributed by atoms with van der Waals surface area (Å²) in [5.74, 6) is 0. The van der Waals surface area contributed by atoms with Crippen molar-refractivity contribution in [3.05, 3.63) is 47.9 Å². The van der Waals surface area contributed by atoms with Gasteiger partial charge in [-0.2, -0.15) is 0 Å². The highest BCUT2D eigenvalue weighted by Gasteiger charge is 2.07. The van der Waals surface area contributed by atoms with Crippen molar-refractivity contribution in [2.45, 2.75) is 13.8 Å². The van der Waals surface area contributed by atoms with Crippen LogP contribution in [-0.2, 0) is 0 Å². The van der Waals surface area contributed by atoms with E-state index < -0.39 is 0 Å². The van der Waals surface area contributed by atoms with Crippen LogP contribution in [0.25, 0.3) is 16.4 Å². The fraction of sp³-hybridized carbons (Fsp3) is 0.154. The summed E-state index contributed by atoms with van der Waals surface area (Å²) in [4.78, 5) is 4.41. The maximum absolute atomic E-state index is 4.41. The zero-order chi connectivity index (χ0) is 10.4. The van der Waals surface area contributed by atoms with Crippen molar-refractivity contribution in [3.63, 3.8) is 0 Å². The number of aromatic nitrogens is 2. The average molecular weight is 196 g/mol. The van der Waals surface area contributed by atoms with Crippen LogP contribution in [0.5, 0.6) is 0 Å². The quantitative estimate of drug-likeness (QED) is 0.540. The summed E-state index contributed by atoms with van der Waals surface area (Å²) < 4.78 is 2.15. The number of fused-ring (bicyclic) bond motifs is 3. The predicted octanol–water partition coefficient (Wildman–Crippen LogP) is 3.10. The van der Waals surface area contributed by atoms with E-state index in [0.29, 0.717) is 0 Å². The van der Waals surface area contributed by atoms with Gasteiger partial charge in [-0.25, -0.2) is 4.98 Å². The average Bonchev–Trinajstić information content (AvgIpc) is 2.75. The molecule has 3 aromatic rings. The molecule has 0 aliphatic heterocycles. The van der Waals surface area contributed by atoms with E-state index in [2.05, 4.69) is 47.5 Å². The Morgan fingerprint density at radius 2 is 1.80 bits per heavy atom. The molecule has 74 valence electrons. The van der Waals surface area contributed by atoms with E-state index in [1.54, 1.807) is 0 Å². The summed E-state index contributed by atoms with van der Waals surface area (Å²) in [6.45, 7) is 4.30. The van der Waals surface area contributed by atoms with Gasteiger partial charge >= 0.3 is 0 Å². The highest BCUT2D eigenvalue weighted by atomic mass is 15.0. The maximum atomic E-state index is 4.41. The molecule has 0 aliphatic rings. The van der Waals surface area contributed by atoms with Crippen molar-refractivity contribution in [1.29, 1.82) is 0 Å². The Kier molecular flexibility index (Phi) is 1.60. The number of hydrogen-bond donors (Lipinski definition) is 0. The van der Waals surface area contributed by atoms with Gasteiger partial charge in [0.1, 0.15) is 5.65 Å².